The third-order valence-electron chi connectivity index (χ3n) is 4.43. The summed E-state index contributed by atoms with van der Waals surface area (Å²) in [5.41, 5.74) is 7.99. The predicted octanol–water partition coefficient (Wildman–Crippen LogP) is 5.15. The summed E-state index contributed by atoms with van der Waals surface area (Å²) >= 11 is 0. The van der Waals surface area contributed by atoms with Gasteiger partial charge in [-0.05, 0) is 49.9 Å². The fourth-order valence-electron chi connectivity index (χ4n) is 3.52. The molecule has 0 fully saturated rings. The van der Waals surface area contributed by atoms with E-state index in [4.69, 9.17) is 0 Å². The van der Waals surface area contributed by atoms with Crippen molar-refractivity contribution < 1.29 is 4.57 Å². The quantitative estimate of drug-likeness (QED) is 0.589. The van der Waals surface area contributed by atoms with Gasteiger partial charge in [-0.1, -0.05) is 43.2 Å². The van der Waals surface area contributed by atoms with Gasteiger partial charge in [0.05, 0.1) is 0 Å². The molecule has 3 aromatic rings. The molecule has 0 spiro atoms. The molecule has 2 aromatic carbocycles. The van der Waals surface area contributed by atoms with Crippen molar-refractivity contribution in [2.75, 3.05) is 0 Å². The Kier molecular flexibility index (Phi) is 4.21. The first-order valence-electron chi connectivity index (χ1n) is 8.45. The average molecular weight is 304 g/mol. The van der Waals surface area contributed by atoms with Gasteiger partial charge in [-0.2, -0.15) is 4.57 Å². The lowest BCUT2D eigenvalue weighted by molar-refractivity contribution is -0.633. The first-order chi connectivity index (χ1) is 11.0. The van der Waals surface area contributed by atoms with Gasteiger partial charge in [0.15, 0.2) is 0 Å². The molecule has 0 saturated heterocycles. The molecule has 0 bridgehead atoms. The maximum absolute atomic E-state index is 2.39. The molecule has 23 heavy (non-hydrogen) atoms. The summed E-state index contributed by atoms with van der Waals surface area (Å²) in [5.74, 6) is 0.651. The Hall–Kier alpha value is -2.15. The number of aryl methyl sites for hydroxylation is 3. The first kappa shape index (κ1) is 15.7. The molecule has 1 heteroatoms. The van der Waals surface area contributed by atoms with Gasteiger partial charge in [0.25, 0.3) is 0 Å². The fraction of sp³-hybridized carbons (Fsp3) is 0.318. The lowest BCUT2D eigenvalue weighted by Crippen LogP contribution is -2.32. The Balaban J connectivity index is 2.30. The first-order valence-corrected chi connectivity index (χ1v) is 8.45. The van der Waals surface area contributed by atoms with Gasteiger partial charge in [0.2, 0.25) is 11.2 Å². The van der Waals surface area contributed by atoms with Gasteiger partial charge >= 0.3 is 0 Å². The number of benzene rings is 2. The van der Waals surface area contributed by atoms with Crippen molar-refractivity contribution in [3.63, 3.8) is 0 Å². The number of aromatic nitrogens is 1. The van der Waals surface area contributed by atoms with Crippen LogP contribution in [0.1, 0.15) is 30.5 Å². The van der Waals surface area contributed by atoms with Gasteiger partial charge in [-0.15, -0.1) is 0 Å². The molecular formula is C22H26N+. The van der Waals surface area contributed by atoms with Crippen LogP contribution < -0.4 is 4.57 Å². The molecule has 0 saturated carbocycles. The third-order valence-corrected chi connectivity index (χ3v) is 4.43. The Bertz CT molecular complexity index is 839. The van der Waals surface area contributed by atoms with Gasteiger partial charge in [-0.25, -0.2) is 0 Å². The summed E-state index contributed by atoms with van der Waals surface area (Å²) in [6, 6.07) is 17.9. The maximum atomic E-state index is 2.39. The van der Waals surface area contributed by atoms with E-state index in [9.17, 15) is 0 Å². The Morgan fingerprint density at radius 2 is 1.57 bits per heavy atom. The monoisotopic (exact) mass is 304 g/mol. The minimum atomic E-state index is 0.651. The number of hydrogen-bond donors (Lipinski definition) is 0. The molecule has 1 heterocycles. The van der Waals surface area contributed by atoms with E-state index in [1.165, 1.54) is 38.9 Å². The number of pyridine rings is 1. The lowest BCUT2D eigenvalue weighted by atomic mass is 9.95. The minimum Gasteiger partial charge on any atom is -0.194 e. The highest BCUT2D eigenvalue weighted by Crippen LogP contribution is 2.26. The van der Waals surface area contributed by atoms with Gasteiger partial charge in [0, 0.05) is 23.1 Å². The van der Waals surface area contributed by atoms with Crippen LogP contribution in [0.5, 0.6) is 0 Å². The van der Waals surface area contributed by atoms with Gasteiger partial charge in [-0.3, -0.25) is 0 Å². The van der Waals surface area contributed by atoms with Crippen LogP contribution in [0.2, 0.25) is 0 Å². The molecule has 0 N–H and O–H groups in total. The zero-order valence-corrected chi connectivity index (χ0v) is 14.9. The molecule has 0 atom stereocenters. The van der Waals surface area contributed by atoms with Crippen LogP contribution in [0.4, 0.5) is 0 Å². The summed E-state index contributed by atoms with van der Waals surface area (Å²) in [5, 5.41) is 1.37. The second-order valence-electron chi connectivity index (χ2n) is 7.11. The van der Waals surface area contributed by atoms with Crippen LogP contribution in [-0.4, -0.2) is 0 Å². The van der Waals surface area contributed by atoms with Crippen LogP contribution in [0.25, 0.3) is 22.2 Å². The smallest absolute Gasteiger partial charge is 0.194 e. The van der Waals surface area contributed by atoms with E-state index in [0.717, 1.165) is 6.42 Å². The number of rotatable bonds is 3. The van der Waals surface area contributed by atoms with Crippen LogP contribution >= 0.6 is 0 Å². The van der Waals surface area contributed by atoms with E-state index in [2.05, 4.69) is 87.8 Å². The predicted molar refractivity (Wildman–Crippen MR) is 98.6 cm³/mol. The zero-order chi connectivity index (χ0) is 16.6. The summed E-state index contributed by atoms with van der Waals surface area (Å²) < 4.78 is 2.33. The maximum Gasteiger partial charge on any atom is 0.213 e. The highest BCUT2D eigenvalue weighted by Gasteiger charge is 2.18. The highest BCUT2D eigenvalue weighted by atomic mass is 14.9. The van der Waals surface area contributed by atoms with Crippen molar-refractivity contribution >= 4 is 10.9 Å². The van der Waals surface area contributed by atoms with Crippen LogP contribution in [0.15, 0.2) is 48.5 Å². The number of para-hydroxylation sites is 1. The van der Waals surface area contributed by atoms with Crippen molar-refractivity contribution in [1.29, 1.82) is 0 Å². The summed E-state index contributed by atoms with van der Waals surface area (Å²) in [6.45, 7) is 8.93. The fourth-order valence-corrected chi connectivity index (χ4v) is 3.52. The molecular weight excluding hydrogens is 278 g/mol. The molecule has 0 aliphatic heterocycles. The van der Waals surface area contributed by atoms with Crippen molar-refractivity contribution in [2.45, 2.75) is 34.1 Å². The van der Waals surface area contributed by atoms with Crippen LogP contribution in [-0.2, 0) is 13.5 Å². The van der Waals surface area contributed by atoms with Crippen LogP contribution in [0, 0.1) is 19.8 Å². The van der Waals surface area contributed by atoms with E-state index >= 15 is 0 Å². The van der Waals surface area contributed by atoms with E-state index in [0.29, 0.717) is 5.92 Å². The summed E-state index contributed by atoms with van der Waals surface area (Å²) in [7, 11) is 2.18. The van der Waals surface area contributed by atoms with Crippen molar-refractivity contribution in [3.05, 3.63) is 65.2 Å². The Morgan fingerprint density at radius 3 is 2.22 bits per heavy atom. The second kappa shape index (κ2) is 6.16. The van der Waals surface area contributed by atoms with Crippen molar-refractivity contribution in [1.82, 2.24) is 0 Å². The molecule has 1 nitrogen and oxygen atoms in total. The van der Waals surface area contributed by atoms with Crippen molar-refractivity contribution in [2.24, 2.45) is 13.0 Å². The lowest BCUT2D eigenvalue weighted by Gasteiger charge is -2.12. The zero-order valence-electron chi connectivity index (χ0n) is 14.9. The standard InChI is InChI=1S/C22H26N/c1-15(2)10-18-14-22(19-12-16(3)11-17(4)13-19)23(5)21-9-7-6-8-20(18)21/h6-9,11-15H,10H2,1-5H3/q+1. The van der Waals surface area contributed by atoms with Gasteiger partial charge < -0.3 is 0 Å². The molecule has 118 valence electrons. The molecule has 3 rings (SSSR count). The SMILES string of the molecule is Cc1cc(C)cc(-c2cc(CC(C)C)c3ccccc3[n+]2C)c1. The topological polar surface area (TPSA) is 3.88 Å². The minimum absolute atomic E-state index is 0.651. The average Bonchev–Trinajstić information content (AvgIpc) is 2.49. The summed E-state index contributed by atoms with van der Waals surface area (Å²) in [4.78, 5) is 0. The molecule has 0 radical (unpaired) electrons. The largest absolute Gasteiger partial charge is 0.213 e. The molecule has 0 unspecified atom stereocenters. The molecule has 0 aliphatic rings. The number of hydrogen-bond acceptors (Lipinski definition) is 0. The van der Waals surface area contributed by atoms with E-state index in [-0.39, 0.29) is 0 Å². The Morgan fingerprint density at radius 1 is 0.913 bits per heavy atom. The van der Waals surface area contributed by atoms with Crippen LogP contribution in [0.3, 0.4) is 0 Å². The van der Waals surface area contributed by atoms with E-state index in [1.54, 1.807) is 0 Å². The van der Waals surface area contributed by atoms with Crippen molar-refractivity contribution in [3.8, 4) is 11.3 Å². The molecule has 0 aliphatic carbocycles. The number of nitrogens with zero attached hydrogens (tertiary/aromatic N) is 1. The Labute approximate surface area is 139 Å². The van der Waals surface area contributed by atoms with Gasteiger partial charge in [0.1, 0.15) is 7.05 Å². The second-order valence-corrected chi connectivity index (χ2v) is 7.11. The number of fused-ring (bicyclic) bond motifs is 1. The highest BCUT2D eigenvalue weighted by molar-refractivity contribution is 5.81. The normalized spacial score (nSPS) is 11.4. The van der Waals surface area contributed by atoms with E-state index in [1.807, 2.05) is 0 Å². The van der Waals surface area contributed by atoms with E-state index < -0.39 is 0 Å². The molecule has 1 aromatic heterocycles. The molecule has 0 amide bonds. The third kappa shape index (κ3) is 3.14. The summed E-state index contributed by atoms with van der Waals surface area (Å²) in [6.07, 6.45) is 1.11.